The summed E-state index contributed by atoms with van der Waals surface area (Å²) < 4.78 is 16.1. The van der Waals surface area contributed by atoms with Gasteiger partial charge in [-0.15, -0.1) is 0 Å². The zero-order chi connectivity index (χ0) is 33.1. The third-order valence-electron chi connectivity index (χ3n) is 8.29. The maximum absolute atomic E-state index is 12.2. The molecule has 0 radical (unpaired) electrons. The van der Waals surface area contributed by atoms with Gasteiger partial charge in [-0.1, -0.05) is 115 Å². The normalized spacial score (nSPS) is 21.7. The van der Waals surface area contributed by atoms with Crippen molar-refractivity contribution in [2.45, 2.75) is 173 Å². The maximum Gasteiger partial charge on any atom is 0.306 e. The van der Waals surface area contributed by atoms with Crippen molar-refractivity contribution in [1.29, 1.82) is 0 Å². The largest absolute Gasteiger partial charge is 0.462 e. The van der Waals surface area contributed by atoms with Crippen LogP contribution in [0.2, 0.25) is 0 Å². The molecule has 9 heteroatoms. The zero-order valence-electron chi connectivity index (χ0n) is 28.2. The van der Waals surface area contributed by atoms with Crippen molar-refractivity contribution < 1.29 is 44.2 Å². The van der Waals surface area contributed by atoms with Crippen LogP contribution in [0.4, 0.5) is 0 Å². The highest BCUT2D eigenvalue weighted by molar-refractivity contribution is 5.70. The quantitative estimate of drug-likeness (QED) is 0.0453. The second kappa shape index (κ2) is 27.3. The fourth-order valence-corrected chi connectivity index (χ4v) is 5.47. The Hall–Kier alpha value is -1.78. The molecule has 4 N–H and O–H groups in total. The van der Waals surface area contributed by atoms with Gasteiger partial charge in [0.1, 0.15) is 6.61 Å². The van der Waals surface area contributed by atoms with Gasteiger partial charge >= 0.3 is 11.9 Å². The molecule has 0 amide bonds. The summed E-state index contributed by atoms with van der Waals surface area (Å²) in [6.45, 7) is 3.77. The lowest BCUT2D eigenvalue weighted by molar-refractivity contribution is -0.199. The predicted octanol–water partition coefficient (Wildman–Crippen LogP) is 6.44. The fraction of sp³-hybridized carbons (Fsp3) is 0.833. The highest BCUT2D eigenvalue weighted by Crippen LogP contribution is 2.29. The molecule has 1 aliphatic heterocycles. The number of allylic oxidation sites excluding steroid dienone is 2. The Morgan fingerprint density at radius 2 is 1.47 bits per heavy atom. The minimum absolute atomic E-state index is 0.133. The van der Waals surface area contributed by atoms with E-state index in [4.69, 9.17) is 14.2 Å². The van der Waals surface area contributed by atoms with E-state index in [0.29, 0.717) is 32.1 Å². The Balaban J connectivity index is 2.24. The van der Waals surface area contributed by atoms with Crippen molar-refractivity contribution >= 4 is 11.9 Å². The lowest BCUT2D eigenvalue weighted by atomic mass is 9.87. The van der Waals surface area contributed by atoms with Gasteiger partial charge in [-0.2, -0.15) is 0 Å². The molecule has 1 heterocycles. The second-order valence-corrected chi connectivity index (χ2v) is 12.5. The van der Waals surface area contributed by atoms with E-state index in [0.717, 1.165) is 38.5 Å². The number of hydrogen-bond acceptors (Lipinski definition) is 9. The molecule has 1 unspecified atom stereocenters. The molecule has 0 saturated carbocycles. The zero-order valence-corrected chi connectivity index (χ0v) is 28.2. The van der Waals surface area contributed by atoms with Crippen molar-refractivity contribution in [2.24, 2.45) is 5.92 Å². The Bertz CT molecular complexity index is 799. The standard InChI is InChI=1S/C36H64O9/c1-3-5-7-8-9-10-11-12-13-18-22-34(40)43-28-30(27-37)44-35(41)23-19-15-14-17-21-31-32(39)26-36(42)45-33(31)25-24-29(38)20-16-6-4-2/h14,17,24-25,29-33,36-39,42H,3-13,15-16,18-23,26-28H2,1-2H3/b17-14-,25-24+/t29-,30-,31-,32-,33+,36?/m0/s1. The van der Waals surface area contributed by atoms with Gasteiger partial charge in [0.25, 0.3) is 0 Å². The summed E-state index contributed by atoms with van der Waals surface area (Å²) in [5.41, 5.74) is 0. The van der Waals surface area contributed by atoms with E-state index in [2.05, 4.69) is 13.8 Å². The molecule has 0 aliphatic carbocycles. The molecule has 262 valence electrons. The summed E-state index contributed by atoms with van der Waals surface area (Å²) in [5.74, 6) is -1.05. The lowest BCUT2D eigenvalue weighted by Crippen LogP contribution is -2.43. The number of aliphatic hydroxyl groups is 4. The number of aliphatic hydroxyl groups excluding tert-OH is 4. The summed E-state index contributed by atoms with van der Waals surface area (Å²) in [4.78, 5) is 24.3. The van der Waals surface area contributed by atoms with Gasteiger partial charge in [0.2, 0.25) is 0 Å². The Labute approximate surface area is 272 Å². The van der Waals surface area contributed by atoms with E-state index in [1.54, 1.807) is 12.2 Å². The highest BCUT2D eigenvalue weighted by Gasteiger charge is 2.35. The second-order valence-electron chi connectivity index (χ2n) is 12.5. The van der Waals surface area contributed by atoms with Crippen LogP contribution in [0.3, 0.4) is 0 Å². The molecule has 45 heavy (non-hydrogen) atoms. The molecule has 1 aliphatic rings. The molecule has 0 bridgehead atoms. The maximum atomic E-state index is 12.2. The molecule has 9 nitrogen and oxygen atoms in total. The van der Waals surface area contributed by atoms with Gasteiger partial charge in [0.15, 0.2) is 12.4 Å². The summed E-state index contributed by atoms with van der Waals surface area (Å²) in [7, 11) is 0. The van der Waals surface area contributed by atoms with Crippen molar-refractivity contribution in [3.63, 3.8) is 0 Å². The average molecular weight is 641 g/mol. The Morgan fingerprint density at radius 3 is 2.13 bits per heavy atom. The van der Waals surface area contributed by atoms with Crippen LogP contribution in [0, 0.1) is 5.92 Å². The Kier molecular flexibility index (Phi) is 25.1. The lowest BCUT2D eigenvalue weighted by Gasteiger charge is -2.36. The van der Waals surface area contributed by atoms with Crippen LogP contribution in [0.15, 0.2) is 24.3 Å². The highest BCUT2D eigenvalue weighted by atomic mass is 16.6. The molecular weight excluding hydrogens is 576 g/mol. The van der Waals surface area contributed by atoms with Crippen molar-refractivity contribution in [3.8, 4) is 0 Å². The number of esters is 2. The van der Waals surface area contributed by atoms with Gasteiger partial charge in [0.05, 0.1) is 24.9 Å². The van der Waals surface area contributed by atoms with E-state index in [1.165, 1.54) is 44.9 Å². The van der Waals surface area contributed by atoms with E-state index >= 15 is 0 Å². The number of carbonyl (C=O) groups excluding carboxylic acids is 2. The van der Waals surface area contributed by atoms with Gasteiger partial charge in [0, 0.05) is 25.2 Å². The number of hydrogen-bond donors (Lipinski definition) is 4. The topological polar surface area (TPSA) is 143 Å². The molecule has 0 aromatic rings. The van der Waals surface area contributed by atoms with Gasteiger partial charge in [-0.25, -0.2) is 0 Å². The molecule has 1 rings (SSSR count). The molecule has 0 aromatic carbocycles. The van der Waals surface area contributed by atoms with Crippen LogP contribution in [0.25, 0.3) is 0 Å². The fourth-order valence-electron chi connectivity index (χ4n) is 5.47. The molecule has 0 spiro atoms. The Morgan fingerprint density at radius 1 is 0.844 bits per heavy atom. The molecule has 1 saturated heterocycles. The SMILES string of the molecule is CCCCCCCCCCCCC(=O)OC[C@H](CO)OC(=O)CCC/C=C\C[C@H]1[C@@H](O)CC(O)O[C@@H]1/C=C/[C@@H](O)CCCCC. The van der Waals surface area contributed by atoms with Crippen molar-refractivity contribution in [2.75, 3.05) is 13.2 Å². The first-order chi connectivity index (χ1) is 21.8. The summed E-state index contributed by atoms with van der Waals surface area (Å²) in [5, 5.41) is 40.2. The van der Waals surface area contributed by atoms with Crippen LogP contribution < -0.4 is 0 Å². The minimum Gasteiger partial charge on any atom is -0.462 e. The molecule has 1 fully saturated rings. The number of rotatable bonds is 27. The molecular formula is C36H64O9. The number of carbonyl (C=O) groups is 2. The smallest absolute Gasteiger partial charge is 0.306 e. The van der Waals surface area contributed by atoms with Crippen LogP contribution in [-0.4, -0.2) is 76.3 Å². The van der Waals surface area contributed by atoms with E-state index in [1.807, 2.05) is 12.2 Å². The molecule has 0 aromatic heterocycles. The van der Waals surface area contributed by atoms with Crippen LogP contribution >= 0.6 is 0 Å². The van der Waals surface area contributed by atoms with Gasteiger partial charge in [-0.3, -0.25) is 9.59 Å². The predicted molar refractivity (Wildman–Crippen MR) is 176 cm³/mol. The first-order valence-electron chi connectivity index (χ1n) is 17.8. The van der Waals surface area contributed by atoms with Crippen LogP contribution in [-0.2, 0) is 23.8 Å². The minimum atomic E-state index is -1.05. The van der Waals surface area contributed by atoms with Gasteiger partial charge < -0.3 is 34.6 Å². The summed E-state index contributed by atoms with van der Waals surface area (Å²) in [6.07, 6.45) is 21.5. The monoisotopic (exact) mass is 640 g/mol. The van der Waals surface area contributed by atoms with E-state index in [-0.39, 0.29) is 31.3 Å². The summed E-state index contributed by atoms with van der Waals surface area (Å²) in [6, 6.07) is 0. The number of unbranched alkanes of at least 4 members (excludes halogenated alkanes) is 12. The van der Waals surface area contributed by atoms with E-state index in [9.17, 15) is 30.0 Å². The van der Waals surface area contributed by atoms with Crippen molar-refractivity contribution in [3.05, 3.63) is 24.3 Å². The first-order valence-corrected chi connectivity index (χ1v) is 17.8. The van der Waals surface area contributed by atoms with Crippen LogP contribution in [0.1, 0.15) is 142 Å². The molecule has 6 atom stereocenters. The van der Waals surface area contributed by atoms with E-state index < -0.39 is 43.3 Å². The summed E-state index contributed by atoms with van der Waals surface area (Å²) >= 11 is 0. The third kappa shape index (κ3) is 21.6. The first kappa shape index (κ1) is 41.2. The van der Waals surface area contributed by atoms with Crippen LogP contribution in [0.5, 0.6) is 0 Å². The van der Waals surface area contributed by atoms with Gasteiger partial charge in [-0.05, 0) is 32.1 Å². The van der Waals surface area contributed by atoms with Crippen molar-refractivity contribution in [1.82, 2.24) is 0 Å². The number of ether oxygens (including phenoxy) is 3. The third-order valence-corrected chi connectivity index (χ3v) is 8.29. The average Bonchev–Trinajstić information content (AvgIpc) is 3.01.